The van der Waals surface area contributed by atoms with Crippen molar-refractivity contribution >= 4 is 16.7 Å². The number of amides is 1. The predicted octanol–water partition coefficient (Wildman–Crippen LogP) is 4.34. The molecule has 0 aliphatic rings. The molecule has 0 aliphatic heterocycles. The van der Waals surface area contributed by atoms with Crippen molar-refractivity contribution in [3.8, 4) is 5.75 Å². The van der Waals surface area contributed by atoms with Gasteiger partial charge in [-0.2, -0.15) is 0 Å². The molecule has 0 aromatic heterocycles. The molecule has 5 heteroatoms. The highest BCUT2D eigenvalue weighted by molar-refractivity contribution is 7.85. The molecule has 0 spiro atoms. The quantitative estimate of drug-likeness (QED) is 0.650. The summed E-state index contributed by atoms with van der Waals surface area (Å²) in [4.78, 5) is 13.7. The van der Waals surface area contributed by atoms with Gasteiger partial charge >= 0.3 is 0 Å². The highest BCUT2D eigenvalue weighted by Crippen LogP contribution is 2.25. The van der Waals surface area contributed by atoms with Crippen molar-refractivity contribution in [3.05, 3.63) is 95.6 Å². The highest BCUT2D eigenvalue weighted by Gasteiger charge is 2.21. The summed E-state index contributed by atoms with van der Waals surface area (Å²) in [5.41, 5.74) is 2.35. The molecule has 0 bridgehead atoms. The second-order valence-electron chi connectivity index (χ2n) is 6.22. The van der Waals surface area contributed by atoms with Crippen molar-refractivity contribution in [1.29, 1.82) is 0 Å². The third-order valence-corrected chi connectivity index (χ3v) is 5.87. The van der Waals surface area contributed by atoms with Crippen LogP contribution in [-0.2, 0) is 10.8 Å². The van der Waals surface area contributed by atoms with Crippen LogP contribution in [0.15, 0.2) is 83.8 Å². The first-order valence-corrected chi connectivity index (χ1v) is 10.4. The van der Waals surface area contributed by atoms with Gasteiger partial charge in [-0.3, -0.25) is 9.00 Å². The minimum Gasteiger partial charge on any atom is -0.497 e. The summed E-state index contributed by atoms with van der Waals surface area (Å²) in [5.74, 6) is 0.970. The van der Waals surface area contributed by atoms with E-state index in [-0.39, 0.29) is 11.9 Å². The van der Waals surface area contributed by atoms with Gasteiger partial charge in [0.1, 0.15) is 5.75 Å². The van der Waals surface area contributed by atoms with E-state index >= 15 is 0 Å². The van der Waals surface area contributed by atoms with Gasteiger partial charge in [-0.25, -0.2) is 0 Å². The molecule has 1 amide bonds. The Balaban J connectivity index is 1.96. The van der Waals surface area contributed by atoms with E-state index < -0.39 is 10.8 Å². The van der Waals surface area contributed by atoms with E-state index in [1.807, 2.05) is 61.5 Å². The molecule has 0 saturated heterocycles. The lowest BCUT2D eigenvalue weighted by atomic mass is 9.98. The number of benzene rings is 3. The van der Waals surface area contributed by atoms with E-state index in [9.17, 15) is 9.00 Å². The fraction of sp³-hybridized carbons (Fsp3) is 0.174. The van der Waals surface area contributed by atoms with Crippen molar-refractivity contribution in [1.82, 2.24) is 5.32 Å². The monoisotopic (exact) mass is 393 g/mol. The van der Waals surface area contributed by atoms with Crippen molar-refractivity contribution < 1.29 is 13.7 Å². The van der Waals surface area contributed by atoms with Crippen molar-refractivity contribution in [2.45, 2.75) is 17.9 Å². The second-order valence-corrected chi connectivity index (χ2v) is 7.93. The summed E-state index contributed by atoms with van der Waals surface area (Å²) < 4.78 is 17.6. The number of hydrogen-bond donors (Lipinski definition) is 1. The lowest BCUT2D eigenvalue weighted by Gasteiger charge is -2.21. The summed E-state index contributed by atoms with van der Waals surface area (Å²) in [5, 5.41) is 3.11. The first-order chi connectivity index (χ1) is 13.6. The highest BCUT2D eigenvalue weighted by atomic mass is 32.2. The zero-order valence-electron chi connectivity index (χ0n) is 15.9. The third-order valence-electron chi connectivity index (χ3n) is 4.50. The van der Waals surface area contributed by atoms with E-state index in [0.717, 1.165) is 16.9 Å². The molecule has 28 heavy (non-hydrogen) atoms. The van der Waals surface area contributed by atoms with Crippen LogP contribution in [-0.4, -0.2) is 23.0 Å². The summed E-state index contributed by atoms with van der Waals surface area (Å²) in [6.45, 7) is 1.84. The molecule has 0 radical (unpaired) electrons. The molecule has 0 saturated carbocycles. The summed E-state index contributed by atoms with van der Waals surface area (Å²) in [6.07, 6.45) is 0. The predicted molar refractivity (Wildman–Crippen MR) is 112 cm³/mol. The number of nitrogens with one attached hydrogen (secondary N) is 1. The Bertz CT molecular complexity index is 955. The number of ether oxygens (including phenoxy) is 1. The van der Waals surface area contributed by atoms with E-state index in [2.05, 4.69) is 5.32 Å². The lowest BCUT2D eigenvalue weighted by Crippen LogP contribution is -2.30. The number of methoxy groups -OCH3 is 1. The molecule has 3 aromatic rings. The van der Waals surface area contributed by atoms with Crippen LogP contribution in [0.4, 0.5) is 0 Å². The van der Waals surface area contributed by atoms with Crippen molar-refractivity contribution in [2.75, 3.05) is 12.9 Å². The van der Waals surface area contributed by atoms with Gasteiger partial charge in [0.15, 0.2) is 0 Å². The van der Waals surface area contributed by atoms with Gasteiger partial charge < -0.3 is 10.1 Å². The minimum atomic E-state index is -1.21. The Kier molecular flexibility index (Phi) is 6.61. The minimum absolute atomic E-state index is 0.248. The van der Waals surface area contributed by atoms with Crippen LogP contribution in [0, 0.1) is 0 Å². The fourth-order valence-corrected chi connectivity index (χ4v) is 3.97. The van der Waals surface area contributed by atoms with E-state index in [0.29, 0.717) is 16.2 Å². The Labute approximate surface area is 168 Å². The maximum absolute atomic E-state index is 13.1. The van der Waals surface area contributed by atoms with Crippen LogP contribution in [0.5, 0.6) is 5.75 Å². The van der Waals surface area contributed by atoms with Crippen LogP contribution in [0.2, 0.25) is 0 Å². The molecule has 2 atom stereocenters. The molecular formula is C23H23NO3S. The normalized spacial score (nSPS) is 12.8. The number of carbonyl (C=O) groups is 1. The smallest absolute Gasteiger partial charge is 0.253 e. The maximum Gasteiger partial charge on any atom is 0.253 e. The SMILES string of the molecule is CC[S@](=O)c1ccccc1C(=O)N[C@H](c1ccccc1)c1ccc(OC)cc1. The van der Waals surface area contributed by atoms with Gasteiger partial charge in [-0.1, -0.05) is 61.5 Å². The standard InChI is InChI=1S/C23H23NO3S/c1-3-28(26)21-12-8-7-11-20(21)23(25)24-22(17-9-5-4-6-10-17)18-13-15-19(27-2)16-14-18/h4-16,22H,3H2,1-2H3,(H,24,25)/t22-,28+/m1/s1. The lowest BCUT2D eigenvalue weighted by molar-refractivity contribution is 0.0940. The van der Waals surface area contributed by atoms with Crippen LogP contribution >= 0.6 is 0 Å². The molecule has 4 nitrogen and oxygen atoms in total. The van der Waals surface area contributed by atoms with Gasteiger partial charge in [-0.15, -0.1) is 0 Å². The average molecular weight is 394 g/mol. The van der Waals surface area contributed by atoms with E-state index in [4.69, 9.17) is 4.74 Å². The molecular weight excluding hydrogens is 370 g/mol. The van der Waals surface area contributed by atoms with Crippen LogP contribution in [0.1, 0.15) is 34.5 Å². The van der Waals surface area contributed by atoms with Gasteiger partial charge in [0.05, 0.1) is 34.4 Å². The number of carbonyl (C=O) groups excluding carboxylic acids is 1. The number of rotatable bonds is 7. The van der Waals surface area contributed by atoms with Crippen molar-refractivity contribution in [2.24, 2.45) is 0 Å². The second kappa shape index (κ2) is 9.33. The summed E-state index contributed by atoms with van der Waals surface area (Å²) in [6, 6.07) is 24.1. The van der Waals surface area contributed by atoms with E-state index in [1.54, 1.807) is 31.4 Å². The van der Waals surface area contributed by atoms with Crippen LogP contribution < -0.4 is 10.1 Å². The zero-order valence-corrected chi connectivity index (χ0v) is 16.7. The van der Waals surface area contributed by atoms with E-state index in [1.165, 1.54) is 0 Å². The van der Waals surface area contributed by atoms with Crippen LogP contribution in [0.25, 0.3) is 0 Å². The Morgan fingerprint density at radius 1 is 0.929 bits per heavy atom. The molecule has 0 aliphatic carbocycles. The molecule has 144 valence electrons. The topological polar surface area (TPSA) is 55.4 Å². The Morgan fingerprint density at radius 3 is 2.18 bits per heavy atom. The van der Waals surface area contributed by atoms with Gasteiger partial charge in [0.2, 0.25) is 0 Å². The number of hydrogen-bond acceptors (Lipinski definition) is 3. The average Bonchev–Trinajstić information content (AvgIpc) is 2.77. The molecule has 0 unspecified atom stereocenters. The maximum atomic E-state index is 13.1. The molecule has 3 aromatic carbocycles. The summed E-state index contributed by atoms with van der Waals surface area (Å²) in [7, 11) is 0.413. The first kappa shape index (κ1) is 19.8. The fourth-order valence-electron chi connectivity index (χ4n) is 3.02. The first-order valence-electron chi connectivity index (χ1n) is 9.11. The van der Waals surface area contributed by atoms with Gasteiger partial charge in [-0.05, 0) is 35.4 Å². The van der Waals surface area contributed by atoms with Gasteiger partial charge in [0.25, 0.3) is 5.91 Å². The Morgan fingerprint density at radius 2 is 1.54 bits per heavy atom. The molecule has 0 heterocycles. The van der Waals surface area contributed by atoms with Gasteiger partial charge in [0, 0.05) is 5.75 Å². The van der Waals surface area contributed by atoms with Crippen LogP contribution in [0.3, 0.4) is 0 Å². The zero-order chi connectivity index (χ0) is 19.9. The van der Waals surface area contributed by atoms with Crippen molar-refractivity contribution in [3.63, 3.8) is 0 Å². The molecule has 3 rings (SSSR count). The molecule has 0 fully saturated rings. The third kappa shape index (κ3) is 4.49. The molecule has 1 N–H and O–H groups in total. The largest absolute Gasteiger partial charge is 0.497 e. The Hall–Kier alpha value is -2.92. The summed E-state index contributed by atoms with van der Waals surface area (Å²) >= 11 is 0.